The monoisotopic (exact) mass is 561 g/mol. The second-order valence-electron chi connectivity index (χ2n) is 9.67. The third kappa shape index (κ3) is 5.40. The number of halogens is 1. The van der Waals surface area contributed by atoms with Gasteiger partial charge in [0.05, 0.1) is 42.0 Å². The van der Waals surface area contributed by atoms with E-state index in [2.05, 4.69) is 10.6 Å². The van der Waals surface area contributed by atoms with Crippen LogP contribution in [0, 0.1) is 5.82 Å². The first-order valence-electron chi connectivity index (χ1n) is 12.3. The SMILES string of the molecule is CC(=O)Nc1ccc(S(=O)(=O)N2CCN(c3ccc(N4CC5(CC5NC(C)=O)OC4=O)cc3F)CCO2)cc1. The Hall–Kier alpha value is -3.75. The van der Waals surface area contributed by atoms with E-state index in [-0.39, 0.29) is 61.2 Å². The molecule has 3 amide bonds. The molecule has 2 aromatic rings. The molecule has 208 valence electrons. The molecular formula is C25H28FN5O7S. The number of nitrogens with one attached hydrogen (secondary N) is 2. The molecule has 14 heteroatoms. The zero-order chi connectivity index (χ0) is 27.9. The fourth-order valence-corrected chi connectivity index (χ4v) is 6.06. The van der Waals surface area contributed by atoms with Gasteiger partial charge in [-0.3, -0.25) is 19.3 Å². The summed E-state index contributed by atoms with van der Waals surface area (Å²) < 4.78 is 47.8. The van der Waals surface area contributed by atoms with Crippen molar-refractivity contribution in [2.45, 2.75) is 36.8 Å². The number of hydrogen-bond donors (Lipinski definition) is 2. The Bertz CT molecular complexity index is 1420. The van der Waals surface area contributed by atoms with Crippen molar-refractivity contribution in [1.82, 2.24) is 9.79 Å². The molecule has 1 spiro atoms. The van der Waals surface area contributed by atoms with E-state index in [1.54, 1.807) is 11.0 Å². The van der Waals surface area contributed by atoms with E-state index in [1.165, 1.54) is 55.1 Å². The Morgan fingerprint density at radius 3 is 2.46 bits per heavy atom. The molecule has 39 heavy (non-hydrogen) atoms. The van der Waals surface area contributed by atoms with Crippen LogP contribution in [0.5, 0.6) is 0 Å². The molecular weight excluding hydrogens is 533 g/mol. The largest absolute Gasteiger partial charge is 0.438 e. The Morgan fingerprint density at radius 1 is 1.05 bits per heavy atom. The smallest absolute Gasteiger partial charge is 0.415 e. The molecule has 2 saturated heterocycles. The van der Waals surface area contributed by atoms with E-state index in [0.717, 1.165) is 4.47 Å². The van der Waals surface area contributed by atoms with Crippen molar-refractivity contribution in [1.29, 1.82) is 0 Å². The van der Waals surface area contributed by atoms with Gasteiger partial charge >= 0.3 is 6.09 Å². The van der Waals surface area contributed by atoms with Crippen LogP contribution in [0.4, 0.5) is 26.2 Å². The Balaban J connectivity index is 1.25. The number of hydroxylamine groups is 1. The van der Waals surface area contributed by atoms with Crippen LogP contribution in [0.1, 0.15) is 20.3 Å². The summed E-state index contributed by atoms with van der Waals surface area (Å²) in [6, 6.07) is 9.82. The lowest BCUT2D eigenvalue weighted by Crippen LogP contribution is -2.34. The van der Waals surface area contributed by atoms with E-state index in [4.69, 9.17) is 9.57 Å². The molecule has 2 N–H and O–H groups in total. The van der Waals surface area contributed by atoms with Gasteiger partial charge in [-0.25, -0.2) is 17.6 Å². The molecule has 3 fully saturated rings. The number of rotatable bonds is 6. The summed E-state index contributed by atoms with van der Waals surface area (Å²) in [6.45, 7) is 3.28. The van der Waals surface area contributed by atoms with Crippen molar-refractivity contribution in [2.75, 3.05) is 47.9 Å². The molecule has 2 heterocycles. The third-order valence-electron chi connectivity index (χ3n) is 6.81. The maximum absolute atomic E-state index is 15.2. The van der Waals surface area contributed by atoms with Crippen LogP contribution in [0.15, 0.2) is 47.4 Å². The molecule has 5 rings (SSSR count). The second kappa shape index (κ2) is 10.1. The summed E-state index contributed by atoms with van der Waals surface area (Å²) in [7, 11) is -3.99. The summed E-state index contributed by atoms with van der Waals surface area (Å²) >= 11 is 0. The van der Waals surface area contributed by atoms with Crippen molar-refractivity contribution >= 4 is 45.0 Å². The van der Waals surface area contributed by atoms with Gasteiger partial charge in [-0.15, -0.1) is 0 Å². The first kappa shape index (κ1) is 26.8. The number of carbonyl (C=O) groups is 3. The third-order valence-corrected chi connectivity index (χ3v) is 8.50. The molecule has 3 aliphatic rings. The van der Waals surface area contributed by atoms with Crippen LogP contribution in [-0.4, -0.2) is 75.2 Å². The number of ether oxygens (including phenoxy) is 1. The first-order chi connectivity index (χ1) is 18.5. The quantitative estimate of drug-likeness (QED) is 0.545. The number of sulfonamides is 1. The summed E-state index contributed by atoms with van der Waals surface area (Å²) in [5.74, 6) is -1.07. The molecule has 0 aromatic heterocycles. The summed E-state index contributed by atoms with van der Waals surface area (Å²) in [5, 5.41) is 5.33. The topological polar surface area (TPSA) is 138 Å². The highest BCUT2D eigenvalue weighted by Crippen LogP contribution is 2.46. The summed E-state index contributed by atoms with van der Waals surface area (Å²) in [5.41, 5.74) is 0.236. The molecule has 0 radical (unpaired) electrons. The van der Waals surface area contributed by atoms with Gasteiger partial charge in [-0.2, -0.15) is 0 Å². The molecule has 1 saturated carbocycles. The van der Waals surface area contributed by atoms with E-state index in [1.807, 2.05) is 0 Å². The van der Waals surface area contributed by atoms with Crippen LogP contribution >= 0.6 is 0 Å². The maximum atomic E-state index is 15.2. The molecule has 2 aromatic carbocycles. The minimum Gasteiger partial charge on any atom is -0.438 e. The van der Waals surface area contributed by atoms with E-state index >= 15 is 4.39 Å². The van der Waals surface area contributed by atoms with Crippen molar-refractivity contribution < 1.29 is 36.8 Å². The average molecular weight is 562 g/mol. The fraction of sp³-hybridized carbons (Fsp3) is 0.400. The maximum Gasteiger partial charge on any atom is 0.415 e. The zero-order valence-electron chi connectivity index (χ0n) is 21.3. The van der Waals surface area contributed by atoms with Crippen LogP contribution in [0.2, 0.25) is 0 Å². The standard InChI is InChI=1S/C25H28FN5O7S/c1-16(32)27-18-3-6-20(7-4-18)39(35,36)31-10-9-29(11-12-37-31)22-8-5-19(13-21(22)26)30-15-25(38-24(30)34)14-23(25)28-17(2)33/h3-8,13,23H,9-12,14-15H2,1-2H3,(H,27,32)(H,28,33). The van der Waals surface area contributed by atoms with Crippen molar-refractivity contribution in [2.24, 2.45) is 0 Å². The van der Waals surface area contributed by atoms with Crippen molar-refractivity contribution in [3.05, 3.63) is 48.3 Å². The van der Waals surface area contributed by atoms with Gasteiger partial charge in [0, 0.05) is 39.0 Å². The van der Waals surface area contributed by atoms with E-state index in [9.17, 15) is 22.8 Å². The van der Waals surface area contributed by atoms with Gasteiger partial charge in [0.2, 0.25) is 11.8 Å². The highest BCUT2D eigenvalue weighted by atomic mass is 32.2. The molecule has 2 atom stereocenters. The first-order valence-corrected chi connectivity index (χ1v) is 13.8. The number of amides is 3. The highest BCUT2D eigenvalue weighted by molar-refractivity contribution is 7.89. The minimum absolute atomic E-state index is 0.00406. The normalized spacial score (nSPS) is 23.4. The molecule has 0 bridgehead atoms. The Kier molecular flexibility index (Phi) is 6.95. The fourth-order valence-electron chi connectivity index (χ4n) is 4.81. The van der Waals surface area contributed by atoms with Gasteiger partial charge in [0.25, 0.3) is 10.0 Å². The molecule has 12 nitrogen and oxygen atoms in total. The van der Waals surface area contributed by atoms with Gasteiger partial charge in [0.1, 0.15) is 5.82 Å². The van der Waals surface area contributed by atoms with E-state index < -0.39 is 27.5 Å². The predicted molar refractivity (Wildman–Crippen MR) is 138 cm³/mol. The van der Waals surface area contributed by atoms with Crippen LogP contribution < -0.4 is 20.4 Å². The van der Waals surface area contributed by atoms with E-state index in [0.29, 0.717) is 17.8 Å². The Morgan fingerprint density at radius 2 is 1.79 bits per heavy atom. The summed E-state index contributed by atoms with van der Waals surface area (Å²) in [6.07, 6.45) is -0.105. The van der Waals surface area contributed by atoms with Crippen molar-refractivity contribution in [3.8, 4) is 0 Å². The van der Waals surface area contributed by atoms with Gasteiger partial charge < -0.3 is 20.3 Å². The minimum atomic E-state index is -3.99. The molecule has 1 aliphatic carbocycles. The van der Waals surface area contributed by atoms with Crippen LogP contribution in [0.3, 0.4) is 0 Å². The van der Waals surface area contributed by atoms with Gasteiger partial charge in [0.15, 0.2) is 5.60 Å². The number of nitrogens with zero attached hydrogens (tertiary/aromatic N) is 3. The second-order valence-corrected chi connectivity index (χ2v) is 11.5. The number of benzene rings is 2. The highest BCUT2D eigenvalue weighted by Gasteiger charge is 2.64. The average Bonchev–Trinajstić information content (AvgIpc) is 3.49. The van der Waals surface area contributed by atoms with Gasteiger partial charge in [-0.1, -0.05) is 4.47 Å². The van der Waals surface area contributed by atoms with Crippen LogP contribution in [0.25, 0.3) is 0 Å². The van der Waals surface area contributed by atoms with Crippen LogP contribution in [-0.2, 0) is 29.2 Å². The summed E-state index contributed by atoms with van der Waals surface area (Å²) in [4.78, 5) is 43.5. The Labute approximate surface area is 224 Å². The lowest BCUT2D eigenvalue weighted by atomic mass is 10.2. The van der Waals surface area contributed by atoms with Crippen molar-refractivity contribution in [3.63, 3.8) is 0 Å². The number of hydrogen-bond acceptors (Lipinski definition) is 8. The number of anilines is 3. The zero-order valence-corrected chi connectivity index (χ0v) is 22.2. The number of carbonyl (C=O) groups excluding carboxylic acids is 3. The van der Waals surface area contributed by atoms with Gasteiger partial charge in [-0.05, 0) is 42.5 Å². The molecule has 2 unspecified atom stereocenters. The lowest BCUT2D eigenvalue weighted by Gasteiger charge is -2.24. The predicted octanol–water partition coefficient (Wildman–Crippen LogP) is 1.83. The molecule has 2 aliphatic heterocycles. The lowest BCUT2D eigenvalue weighted by molar-refractivity contribution is -0.119.